The van der Waals surface area contributed by atoms with Gasteiger partial charge >= 0.3 is 12.4 Å². The molecule has 0 N–H and O–H groups in total. The maximum atomic E-state index is 12.4. The average molecular weight is 951 g/mol. The second-order valence-corrected chi connectivity index (χ2v) is 14.8. The van der Waals surface area contributed by atoms with E-state index in [1.807, 2.05) is 51.1 Å². The molecule has 7 rings (SSSR count). The second-order valence-electron chi connectivity index (χ2n) is 14.8. The Balaban J connectivity index is 0.000000570. The maximum absolute atomic E-state index is 12.4. The lowest BCUT2D eigenvalue weighted by molar-refractivity contribution is -0.138. The van der Waals surface area contributed by atoms with Crippen molar-refractivity contribution in [2.45, 2.75) is 129 Å². The lowest BCUT2D eigenvalue weighted by Gasteiger charge is -2.11. The zero-order valence-corrected chi connectivity index (χ0v) is 38.0. The molecule has 0 nitrogen and oxygen atoms in total. The molecule has 0 fully saturated rings. The quantitative estimate of drug-likeness (QED) is 0.133. The number of alkyl halides is 6. The molecule has 0 atom stereocenters. The van der Waals surface area contributed by atoms with Gasteiger partial charge in [0, 0.05) is 41.1 Å². The monoisotopic (exact) mass is 951 g/mol. The van der Waals surface area contributed by atoms with Gasteiger partial charge in [0.15, 0.2) is 0 Å². The summed E-state index contributed by atoms with van der Waals surface area (Å²) in [5.41, 5.74) is 1.99. The summed E-state index contributed by atoms with van der Waals surface area (Å²) < 4.78 is 290. The number of halogens is 6. The van der Waals surface area contributed by atoms with Crippen LogP contribution in [0, 0.1) is 117 Å². The highest BCUT2D eigenvalue weighted by atomic mass is 19.4. The van der Waals surface area contributed by atoms with Crippen molar-refractivity contribution in [1.82, 2.24) is 0 Å². The summed E-state index contributed by atoms with van der Waals surface area (Å²) in [6.45, 7) is -11.8. The Morgan fingerprint density at radius 2 is 0.716 bits per heavy atom. The number of hydrogen-bond acceptors (Lipinski definition) is 0. The van der Waals surface area contributed by atoms with Crippen LogP contribution in [0.25, 0.3) is 0 Å². The Bertz CT molecular complexity index is 3530. The topological polar surface area (TPSA) is 0 Å². The molecule has 0 aliphatic rings. The SMILES string of the molecule is [2H]C([2H])([2H])c1cc(C([2H])([2H])[2H])c(C)c(C([2H])([2H])[2H])c1.[2H]C([2H])([2H])c1cc(C)cc(C(F)(F)F)c1.[2H]C([2H])([2H])c1ccc(C)c(C([2H])([2H])[2H])c1.[2H]C([2H])([2H])c1ccc(C)cc1.[2H]C([2H])([2H])c1cccc(C(F)(F)F)c1C.[2H]C([2H])([2H])c1cccc(C)c1.[2H]C([2H])([2H])c1ccccc1C. The molecular weight excluding hydrogens is 847 g/mol. The van der Waals surface area contributed by atoms with E-state index < -0.39 is 92.0 Å². The molecule has 6 heteroatoms. The van der Waals surface area contributed by atoms with E-state index >= 15 is 0 Å². The first-order valence-electron chi connectivity index (χ1n) is 35.0. The van der Waals surface area contributed by atoms with Gasteiger partial charge in [0.1, 0.15) is 0 Å². The minimum Gasteiger partial charge on any atom is -0.166 e. The molecule has 67 heavy (non-hydrogen) atoms. The fourth-order valence-electron chi connectivity index (χ4n) is 5.00. The first-order chi connectivity index (χ1) is 43.1. The van der Waals surface area contributed by atoms with Gasteiger partial charge in [-0.25, -0.2) is 0 Å². The first kappa shape index (κ1) is 26.6. The van der Waals surface area contributed by atoms with Crippen molar-refractivity contribution in [1.29, 1.82) is 0 Å². The fraction of sp³-hybridized carbons (Fsp3) is 0.311. The molecule has 360 valence electrons. The molecule has 0 aliphatic carbocycles. The van der Waals surface area contributed by atoms with Crippen molar-refractivity contribution in [3.8, 4) is 0 Å². The van der Waals surface area contributed by atoms with Crippen LogP contribution in [0.4, 0.5) is 26.3 Å². The largest absolute Gasteiger partial charge is 0.416 e. The molecule has 0 saturated carbocycles. The zero-order valence-electron chi connectivity index (χ0n) is 68.0. The fourth-order valence-corrected chi connectivity index (χ4v) is 5.00. The predicted octanol–water partition coefficient (Wildman–Crippen LogP) is 19.1. The molecule has 7 aromatic rings. The third-order valence-corrected chi connectivity index (χ3v) is 8.90. The highest BCUT2D eigenvalue weighted by Gasteiger charge is 2.32. The highest BCUT2D eigenvalue weighted by Crippen LogP contribution is 2.33. The Morgan fingerprint density at radius 1 is 0.284 bits per heavy atom. The third-order valence-electron chi connectivity index (χ3n) is 8.90. The van der Waals surface area contributed by atoms with E-state index in [2.05, 4.69) is 0 Å². The van der Waals surface area contributed by atoms with Crippen LogP contribution >= 0.6 is 0 Å². The summed E-state index contributed by atoms with van der Waals surface area (Å²) in [6, 6.07) is 33.2. The summed E-state index contributed by atoms with van der Waals surface area (Å²) in [5.74, 6) is 0. The minimum absolute atomic E-state index is 0.0687. The van der Waals surface area contributed by atoms with Crippen LogP contribution in [0.1, 0.15) is 147 Å². The van der Waals surface area contributed by atoms with E-state index in [9.17, 15) is 26.3 Å². The molecular formula is C61H74F6. The van der Waals surface area contributed by atoms with E-state index in [0.717, 1.165) is 47.0 Å². The molecule has 0 unspecified atom stereocenters. The van der Waals surface area contributed by atoms with Gasteiger partial charge in [0.25, 0.3) is 0 Å². The molecule has 0 bridgehead atoms. The predicted molar refractivity (Wildman–Crippen MR) is 276 cm³/mol. The Labute approximate surface area is 442 Å². The van der Waals surface area contributed by atoms with Crippen LogP contribution in [-0.2, 0) is 12.4 Å². The van der Waals surface area contributed by atoms with Gasteiger partial charge in [-0.05, 0) is 185 Å². The second kappa shape index (κ2) is 28.3. The Hall–Kier alpha value is -5.88. The Kier molecular flexibility index (Phi) is 11.3. The van der Waals surface area contributed by atoms with E-state index in [1.54, 1.807) is 49.4 Å². The van der Waals surface area contributed by atoms with Crippen molar-refractivity contribution >= 4 is 0 Å². The van der Waals surface area contributed by atoms with E-state index in [-0.39, 0.29) is 55.6 Å². The average Bonchev–Trinajstić information content (AvgIpc) is 0.773. The maximum Gasteiger partial charge on any atom is 0.416 e. The summed E-state index contributed by atoms with van der Waals surface area (Å²) >= 11 is 0. The summed E-state index contributed by atoms with van der Waals surface area (Å²) in [4.78, 5) is 0. The minimum atomic E-state index is -4.51. The van der Waals surface area contributed by atoms with Crippen LogP contribution in [0.2, 0.25) is 0 Å². The molecule has 0 amide bonds. The van der Waals surface area contributed by atoms with Crippen LogP contribution in [-0.4, -0.2) is 0 Å². The van der Waals surface area contributed by atoms with E-state index in [4.69, 9.17) is 41.1 Å². The molecule has 0 heterocycles. The van der Waals surface area contributed by atoms with Gasteiger partial charge < -0.3 is 0 Å². The van der Waals surface area contributed by atoms with Gasteiger partial charge in [-0.15, -0.1) is 0 Å². The number of aryl methyl sites for hydroxylation is 15. The number of rotatable bonds is 0. The molecule has 7 aromatic carbocycles. The van der Waals surface area contributed by atoms with Gasteiger partial charge in [0.05, 0.1) is 11.1 Å². The summed E-state index contributed by atoms with van der Waals surface area (Å²) in [5, 5.41) is 0. The van der Waals surface area contributed by atoms with Gasteiger partial charge in [0.2, 0.25) is 0 Å². The van der Waals surface area contributed by atoms with Crippen molar-refractivity contribution in [3.05, 3.63) is 245 Å². The van der Waals surface area contributed by atoms with E-state index in [1.165, 1.54) is 51.1 Å². The molecule has 0 aliphatic heterocycles. The van der Waals surface area contributed by atoms with Crippen LogP contribution in [0.15, 0.2) is 140 Å². The van der Waals surface area contributed by atoms with Crippen molar-refractivity contribution in [3.63, 3.8) is 0 Å². The van der Waals surface area contributed by atoms with Gasteiger partial charge in [-0.3, -0.25) is 0 Å². The molecule has 0 spiro atoms. The Morgan fingerprint density at radius 3 is 1.21 bits per heavy atom. The molecule has 0 radical (unpaired) electrons. The van der Waals surface area contributed by atoms with Crippen LogP contribution in [0.3, 0.4) is 0 Å². The summed E-state index contributed by atoms with van der Waals surface area (Å²) in [7, 11) is 0. The highest BCUT2D eigenvalue weighted by molar-refractivity contribution is 5.37. The van der Waals surface area contributed by atoms with Crippen LogP contribution < -0.4 is 0 Å². The van der Waals surface area contributed by atoms with E-state index in [0.29, 0.717) is 28.3 Å². The number of hydrogen-bond donors (Lipinski definition) is 0. The smallest absolute Gasteiger partial charge is 0.166 e. The zero-order chi connectivity index (χ0) is 76.2. The van der Waals surface area contributed by atoms with Gasteiger partial charge in [-0.1, -0.05) is 166 Å². The lowest BCUT2D eigenvalue weighted by atomic mass is 10.0. The molecule has 0 saturated heterocycles. The van der Waals surface area contributed by atoms with Gasteiger partial charge in [-0.2, -0.15) is 26.3 Å². The van der Waals surface area contributed by atoms with Crippen molar-refractivity contribution in [2.75, 3.05) is 0 Å². The normalized spacial score (nSPS) is 18.8. The first-order valence-corrected chi connectivity index (χ1v) is 20.0. The summed E-state index contributed by atoms with van der Waals surface area (Å²) in [6.07, 6.45) is -9.02. The number of benzene rings is 7. The van der Waals surface area contributed by atoms with Crippen molar-refractivity contribution < 1.29 is 67.5 Å². The third kappa shape index (κ3) is 23.9. The standard InChI is InChI=1S/C10H14.2C9H9F3.C9H12.3C8H10/c1-7-5-8(2)10(4)9(3)6-7;1-6-3-7(2)5-8(4-6)9(10,11)12;1-6-4-3-5-8(7(6)2)9(10,11)12;1-7-4-5-8(2)9(3)6-7;1-7-3-5-8(2)6-4-7;1-7-4-3-5-8(2)6-7;1-7-5-3-4-6-8(7)2/h5-6H,1-4H3;2*3-5H,1-2H3;4-6H,1-3H3;3*3-6H,1-2H3/i1D3,2D3,3D3;2*1D3;1D3,3D3;3*1D3. The lowest BCUT2D eigenvalue weighted by Crippen LogP contribution is -2.07. The van der Waals surface area contributed by atoms with Crippen LogP contribution in [0.5, 0.6) is 0 Å². The van der Waals surface area contributed by atoms with Crippen molar-refractivity contribution in [2.24, 2.45) is 0 Å². The molecule has 0 aromatic heterocycles.